The van der Waals surface area contributed by atoms with Gasteiger partial charge in [0.05, 0.1) is 10.4 Å². The summed E-state index contributed by atoms with van der Waals surface area (Å²) in [7, 11) is 0. The van der Waals surface area contributed by atoms with Gasteiger partial charge in [-0.3, -0.25) is 0 Å². The Morgan fingerprint density at radius 3 is 1.62 bits per heavy atom. The van der Waals surface area contributed by atoms with Crippen molar-refractivity contribution in [3.8, 4) is 34.2 Å². The van der Waals surface area contributed by atoms with Crippen LogP contribution in [0.25, 0.3) is 109 Å². The summed E-state index contributed by atoms with van der Waals surface area (Å²) in [6, 6.07) is 72.8. The second-order valence-corrected chi connectivity index (χ2v) is 17.0. The molecule has 10 aromatic carbocycles. The summed E-state index contributed by atoms with van der Waals surface area (Å²) in [5, 5.41) is 11.9. The minimum Gasteiger partial charge on any atom is -0.456 e. The molecular weight excluding hydrogens is 789 g/mol. The molecule has 0 spiro atoms. The molecule has 0 N–H and O–H groups in total. The number of anilines is 3. The molecule has 6 heteroatoms. The van der Waals surface area contributed by atoms with Gasteiger partial charge in [-0.1, -0.05) is 152 Å². The fourth-order valence-corrected chi connectivity index (χ4v) is 10.6. The van der Waals surface area contributed by atoms with Crippen molar-refractivity contribution in [3.63, 3.8) is 0 Å². The minimum absolute atomic E-state index is 0.609. The largest absolute Gasteiger partial charge is 0.456 e. The van der Waals surface area contributed by atoms with Crippen molar-refractivity contribution in [2.24, 2.45) is 0 Å². The first kappa shape index (κ1) is 35.6. The van der Waals surface area contributed by atoms with Crippen molar-refractivity contribution in [2.75, 3.05) is 4.90 Å². The van der Waals surface area contributed by atoms with E-state index in [9.17, 15) is 0 Å². The summed E-state index contributed by atoms with van der Waals surface area (Å²) < 4.78 is 8.93. The van der Waals surface area contributed by atoms with E-state index in [2.05, 4.69) is 144 Å². The molecule has 63 heavy (non-hydrogen) atoms. The van der Waals surface area contributed by atoms with E-state index in [0.717, 1.165) is 55.7 Å². The molecule has 0 atom stereocenters. The standard InChI is InChI=1S/C57H34N4OS/c1-3-15-35(16-4-1)55-58-56(36-17-5-2-6-18-36)60-57(59-55)37-19-13-20-38(31-37)61(50-26-14-25-45-44-24-10-12-28-53(44)63-54(45)50)39-29-30-42-46(32-39)40-21-7-8-22-41(40)47-33-49-43-23-9-11-27-51(43)62-52(49)34-48(42)47/h1-34H. The Labute approximate surface area is 365 Å². The van der Waals surface area contributed by atoms with E-state index in [1.807, 2.05) is 78.1 Å². The predicted molar refractivity (Wildman–Crippen MR) is 264 cm³/mol. The summed E-state index contributed by atoms with van der Waals surface area (Å²) in [4.78, 5) is 17.6. The van der Waals surface area contributed by atoms with Crippen LogP contribution in [0.4, 0.5) is 17.1 Å². The van der Waals surface area contributed by atoms with E-state index in [0.29, 0.717) is 17.5 Å². The van der Waals surface area contributed by atoms with Gasteiger partial charge in [0, 0.05) is 54.3 Å². The molecule has 0 fully saturated rings. The SMILES string of the molecule is c1ccc(-c2nc(-c3ccccc3)nc(-c3cccc(N(c4ccc5c(c4)c4ccccc4c4cc6c(cc54)oc4ccccc46)c4cccc5c4sc4ccccc45)c3)n2)cc1. The maximum atomic E-state index is 6.46. The van der Waals surface area contributed by atoms with E-state index in [-0.39, 0.29) is 0 Å². The van der Waals surface area contributed by atoms with Gasteiger partial charge in [0.1, 0.15) is 11.2 Å². The van der Waals surface area contributed by atoms with Crippen molar-refractivity contribution in [3.05, 3.63) is 206 Å². The number of para-hydroxylation sites is 1. The maximum Gasteiger partial charge on any atom is 0.164 e. The van der Waals surface area contributed by atoms with Crippen LogP contribution in [0.3, 0.4) is 0 Å². The van der Waals surface area contributed by atoms with Crippen molar-refractivity contribution >= 4 is 103 Å². The maximum absolute atomic E-state index is 6.46. The predicted octanol–water partition coefficient (Wildman–Crippen LogP) is 16.1. The summed E-state index contributed by atoms with van der Waals surface area (Å²) >= 11 is 1.83. The number of fused-ring (bicyclic) bond motifs is 12. The molecule has 0 aliphatic heterocycles. The van der Waals surface area contributed by atoms with Crippen LogP contribution in [0.15, 0.2) is 211 Å². The summed E-state index contributed by atoms with van der Waals surface area (Å²) in [5.41, 5.74) is 7.70. The molecule has 294 valence electrons. The third kappa shape index (κ3) is 5.80. The quantitative estimate of drug-likeness (QED) is 0.156. The Morgan fingerprint density at radius 2 is 0.873 bits per heavy atom. The highest BCUT2D eigenvalue weighted by atomic mass is 32.1. The van der Waals surface area contributed by atoms with Crippen molar-refractivity contribution < 1.29 is 4.42 Å². The first-order chi connectivity index (χ1) is 31.2. The number of thiophene rings is 1. The molecule has 0 radical (unpaired) electrons. The zero-order valence-corrected chi connectivity index (χ0v) is 34.6. The number of furan rings is 1. The van der Waals surface area contributed by atoms with Crippen molar-refractivity contribution in [1.82, 2.24) is 15.0 Å². The summed E-state index contributed by atoms with van der Waals surface area (Å²) in [6.45, 7) is 0. The van der Waals surface area contributed by atoms with Crippen LogP contribution in [0.1, 0.15) is 0 Å². The second-order valence-electron chi connectivity index (χ2n) is 15.9. The second kappa shape index (κ2) is 14.2. The van der Waals surface area contributed by atoms with E-state index in [1.54, 1.807) is 0 Å². The molecule has 0 saturated heterocycles. The van der Waals surface area contributed by atoms with Gasteiger partial charge in [0.15, 0.2) is 17.5 Å². The number of hydrogen-bond donors (Lipinski definition) is 0. The highest BCUT2D eigenvalue weighted by molar-refractivity contribution is 7.26. The average molecular weight is 823 g/mol. The minimum atomic E-state index is 0.609. The lowest BCUT2D eigenvalue weighted by molar-refractivity contribution is 0.669. The lowest BCUT2D eigenvalue weighted by Gasteiger charge is -2.27. The van der Waals surface area contributed by atoms with E-state index >= 15 is 0 Å². The number of nitrogens with zero attached hydrogens (tertiary/aromatic N) is 4. The summed E-state index contributed by atoms with van der Waals surface area (Å²) in [5.74, 6) is 1.87. The van der Waals surface area contributed by atoms with Gasteiger partial charge in [0.2, 0.25) is 0 Å². The van der Waals surface area contributed by atoms with E-state index in [4.69, 9.17) is 19.4 Å². The first-order valence-electron chi connectivity index (χ1n) is 21.1. The molecule has 0 unspecified atom stereocenters. The summed E-state index contributed by atoms with van der Waals surface area (Å²) in [6.07, 6.45) is 0. The Balaban J connectivity index is 1.05. The molecule has 13 rings (SSSR count). The van der Waals surface area contributed by atoms with Crippen LogP contribution in [-0.2, 0) is 0 Å². The fourth-order valence-electron chi connectivity index (χ4n) is 9.36. The Kier molecular flexibility index (Phi) is 8.01. The van der Waals surface area contributed by atoms with Gasteiger partial charge < -0.3 is 9.32 Å². The topological polar surface area (TPSA) is 55.1 Å². The highest BCUT2D eigenvalue weighted by Gasteiger charge is 2.22. The van der Waals surface area contributed by atoms with Crippen LogP contribution in [0.5, 0.6) is 0 Å². The first-order valence-corrected chi connectivity index (χ1v) is 21.9. The smallest absolute Gasteiger partial charge is 0.164 e. The number of aromatic nitrogens is 3. The molecule has 0 amide bonds. The Bertz CT molecular complexity index is 3870. The number of hydrogen-bond acceptors (Lipinski definition) is 6. The molecule has 3 heterocycles. The van der Waals surface area contributed by atoms with Crippen LogP contribution >= 0.6 is 11.3 Å². The number of benzene rings is 10. The van der Waals surface area contributed by atoms with Gasteiger partial charge in [-0.15, -0.1) is 11.3 Å². The molecule has 5 nitrogen and oxygen atoms in total. The highest BCUT2D eigenvalue weighted by Crippen LogP contribution is 2.47. The van der Waals surface area contributed by atoms with Gasteiger partial charge in [-0.2, -0.15) is 0 Å². The molecule has 0 aliphatic carbocycles. The van der Waals surface area contributed by atoms with Crippen LogP contribution in [0.2, 0.25) is 0 Å². The molecule has 0 aliphatic rings. The lowest BCUT2D eigenvalue weighted by atomic mass is 9.92. The molecular formula is C57H34N4OS. The zero-order valence-electron chi connectivity index (χ0n) is 33.7. The average Bonchev–Trinajstić information content (AvgIpc) is 3.93. The van der Waals surface area contributed by atoms with Crippen molar-refractivity contribution in [2.45, 2.75) is 0 Å². The van der Waals surface area contributed by atoms with Gasteiger partial charge in [-0.05, 0) is 86.9 Å². The van der Waals surface area contributed by atoms with Gasteiger partial charge >= 0.3 is 0 Å². The van der Waals surface area contributed by atoms with Gasteiger partial charge in [0.25, 0.3) is 0 Å². The van der Waals surface area contributed by atoms with Crippen LogP contribution < -0.4 is 4.90 Å². The molecule has 13 aromatic rings. The fraction of sp³-hybridized carbons (Fsp3) is 0. The third-order valence-corrected chi connectivity index (χ3v) is 13.5. The van der Waals surface area contributed by atoms with Crippen LogP contribution in [0, 0.1) is 0 Å². The molecule has 3 aromatic heterocycles. The van der Waals surface area contributed by atoms with Crippen molar-refractivity contribution in [1.29, 1.82) is 0 Å². The van der Waals surface area contributed by atoms with E-state index in [1.165, 1.54) is 52.5 Å². The normalized spacial score (nSPS) is 11.8. The van der Waals surface area contributed by atoms with Gasteiger partial charge in [-0.25, -0.2) is 15.0 Å². The zero-order chi connectivity index (χ0) is 41.4. The van der Waals surface area contributed by atoms with E-state index < -0.39 is 0 Å². The monoisotopic (exact) mass is 822 g/mol. The Morgan fingerprint density at radius 1 is 0.333 bits per heavy atom. The molecule has 0 bridgehead atoms. The van der Waals surface area contributed by atoms with Crippen LogP contribution in [-0.4, -0.2) is 15.0 Å². The molecule has 0 saturated carbocycles. The lowest BCUT2D eigenvalue weighted by Crippen LogP contribution is -2.10. The third-order valence-electron chi connectivity index (χ3n) is 12.3. The Hall–Kier alpha value is -8.19. The number of rotatable bonds is 6.